The van der Waals surface area contributed by atoms with Crippen LogP contribution in [-0.2, 0) is 11.3 Å². The number of aldehydes is 1. The Kier molecular flexibility index (Phi) is 4.47. The normalized spacial score (nSPS) is 11.9. The molecule has 0 fully saturated rings. The van der Waals surface area contributed by atoms with Gasteiger partial charge in [0.25, 0.3) is 0 Å². The number of hydrogen-bond donors (Lipinski definition) is 1. The number of amides is 1. The van der Waals surface area contributed by atoms with Gasteiger partial charge in [0.2, 0.25) is 5.91 Å². The van der Waals surface area contributed by atoms with E-state index in [4.69, 9.17) is 11.6 Å². The van der Waals surface area contributed by atoms with Crippen molar-refractivity contribution < 1.29 is 9.59 Å². The van der Waals surface area contributed by atoms with E-state index < -0.39 is 0 Å². The highest BCUT2D eigenvalue weighted by Crippen LogP contribution is 2.21. The topological polar surface area (TPSA) is 76.9 Å². The molecule has 1 amide bonds. The lowest BCUT2D eigenvalue weighted by molar-refractivity contribution is -0.122. The average molecular weight is 293 g/mol. The molecule has 6 nitrogen and oxygen atoms in total. The van der Waals surface area contributed by atoms with Crippen LogP contribution in [0.4, 0.5) is 0 Å². The van der Waals surface area contributed by atoms with Crippen LogP contribution in [0.5, 0.6) is 0 Å². The van der Waals surface area contributed by atoms with E-state index >= 15 is 0 Å². The van der Waals surface area contributed by atoms with E-state index in [0.717, 1.165) is 5.56 Å². The number of rotatable bonds is 5. The molecule has 0 aliphatic carbocycles. The van der Waals surface area contributed by atoms with Crippen LogP contribution in [0.15, 0.2) is 30.5 Å². The lowest BCUT2D eigenvalue weighted by Gasteiger charge is -2.15. The SMILES string of the molecule is CC(NC(=O)Cn1cc(C=O)nn1)c1ccccc1Cl. The second-order valence-electron chi connectivity index (χ2n) is 4.27. The third-order valence-electron chi connectivity index (χ3n) is 2.73. The molecule has 7 heteroatoms. The van der Waals surface area contributed by atoms with Crippen LogP contribution in [0.25, 0.3) is 0 Å². The Hall–Kier alpha value is -2.21. The van der Waals surface area contributed by atoms with Crippen molar-refractivity contribution >= 4 is 23.8 Å². The molecule has 1 aromatic carbocycles. The molecule has 2 rings (SSSR count). The Balaban J connectivity index is 1.97. The van der Waals surface area contributed by atoms with Crippen molar-refractivity contribution in [3.05, 3.63) is 46.7 Å². The predicted octanol–water partition coefficient (Wildman–Crippen LogP) is 1.62. The Morgan fingerprint density at radius 1 is 1.50 bits per heavy atom. The summed E-state index contributed by atoms with van der Waals surface area (Å²) in [7, 11) is 0. The summed E-state index contributed by atoms with van der Waals surface area (Å²) in [5, 5.41) is 10.7. The molecule has 0 aliphatic heterocycles. The Morgan fingerprint density at radius 2 is 2.25 bits per heavy atom. The number of carbonyl (C=O) groups excluding carboxylic acids is 2. The van der Waals surface area contributed by atoms with Crippen molar-refractivity contribution in [2.75, 3.05) is 0 Å². The van der Waals surface area contributed by atoms with Crippen molar-refractivity contribution in [2.45, 2.75) is 19.5 Å². The van der Waals surface area contributed by atoms with Gasteiger partial charge in [-0.15, -0.1) is 5.10 Å². The van der Waals surface area contributed by atoms with Crippen molar-refractivity contribution in [3.8, 4) is 0 Å². The van der Waals surface area contributed by atoms with Crippen molar-refractivity contribution in [3.63, 3.8) is 0 Å². The molecule has 1 atom stereocenters. The van der Waals surface area contributed by atoms with E-state index in [2.05, 4.69) is 15.6 Å². The molecule has 1 aromatic heterocycles. The van der Waals surface area contributed by atoms with E-state index in [9.17, 15) is 9.59 Å². The van der Waals surface area contributed by atoms with E-state index in [1.54, 1.807) is 6.07 Å². The van der Waals surface area contributed by atoms with Crippen LogP contribution < -0.4 is 5.32 Å². The summed E-state index contributed by atoms with van der Waals surface area (Å²) in [4.78, 5) is 22.3. The van der Waals surface area contributed by atoms with Gasteiger partial charge in [-0.3, -0.25) is 9.59 Å². The second-order valence-corrected chi connectivity index (χ2v) is 4.68. The number of nitrogens with zero attached hydrogens (tertiary/aromatic N) is 3. The molecule has 2 aromatic rings. The first-order chi connectivity index (χ1) is 9.60. The van der Waals surface area contributed by atoms with E-state index in [0.29, 0.717) is 11.3 Å². The van der Waals surface area contributed by atoms with Crippen LogP contribution in [0, 0.1) is 0 Å². The maximum absolute atomic E-state index is 11.9. The number of hydrogen-bond acceptors (Lipinski definition) is 4. The largest absolute Gasteiger partial charge is 0.348 e. The minimum Gasteiger partial charge on any atom is -0.348 e. The molecule has 0 bridgehead atoms. The fourth-order valence-corrected chi connectivity index (χ4v) is 2.08. The quantitative estimate of drug-likeness (QED) is 0.850. The molecule has 1 unspecified atom stereocenters. The Labute approximate surface area is 120 Å². The summed E-state index contributed by atoms with van der Waals surface area (Å²) in [5.41, 5.74) is 1.03. The first-order valence-corrected chi connectivity index (χ1v) is 6.37. The highest BCUT2D eigenvalue weighted by atomic mass is 35.5. The number of nitrogens with one attached hydrogen (secondary N) is 1. The number of carbonyl (C=O) groups is 2. The molecular formula is C13H13ClN4O2. The highest BCUT2D eigenvalue weighted by Gasteiger charge is 2.13. The Bertz CT molecular complexity index is 626. The summed E-state index contributed by atoms with van der Waals surface area (Å²) in [6.45, 7) is 1.84. The lowest BCUT2D eigenvalue weighted by atomic mass is 10.1. The third kappa shape index (κ3) is 3.42. The number of halogens is 1. The van der Waals surface area contributed by atoms with Gasteiger partial charge in [0.05, 0.1) is 12.2 Å². The summed E-state index contributed by atoms with van der Waals surface area (Å²) in [5.74, 6) is -0.236. The van der Waals surface area contributed by atoms with Crippen LogP contribution in [0.2, 0.25) is 5.02 Å². The summed E-state index contributed by atoms with van der Waals surface area (Å²) >= 11 is 6.07. The van der Waals surface area contributed by atoms with E-state index in [1.165, 1.54) is 10.9 Å². The minimum absolute atomic E-state index is 0.00433. The van der Waals surface area contributed by atoms with Gasteiger partial charge in [-0.05, 0) is 18.6 Å². The standard InChI is InChI=1S/C13H13ClN4O2/c1-9(11-4-2-3-5-12(11)14)15-13(20)7-18-6-10(8-19)16-17-18/h2-6,8-9H,7H2,1H3,(H,15,20). The van der Waals surface area contributed by atoms with E-state index in [-0.39, 0.29) is 24.2 Å². The molecule has 104 valence electrons. The van der Waals surface area contributed by atoms with Crippen LogP contribution in [-0.4, -0.2) is 27.2 Å². The number of benzene rings is 1. The maximum Gasteiger partial charge on any atom is 0.242 e. The fraction of sp³-hybridized carbons (Fsp3) is 0.231. The molecule has 0 radical (unpaired) electrons. The van der Waals surface area contributed by atoms with E-state index in [1.807, 2.05) is 25.1 Å². The molecule has 0 saturated carbocycles. The molecule has 0 spiro atoms. The molecule has 20 heavy (non-hydrogen) atoms. The maximum atomic E-state index is 11.9. The second kappa shape index (κ2) is 6.29. The van der Waals surface area contributed by atoms with Gasteiger partial charge in [-0.1, -0.05) is 35.0 Å². The Morgan fingerprint density at radius 3 is 2.90 bits per heavy atom. The molecular weight excluding hydrogens is 280 g/mol. The first kappa shape index (κ1) is 14.2. The van der Waals surface area contributed by atoms with Crippen molar-refractivity contribution in [1.82, 2.24) is 20.3 Å². The smallest absolute Gasteiger partial charge is 0.242 e. The summed E-state index contributed by atoms with van der Waals surface area (Å²) in [6, 6.07) is 7.10. The molecule has 0 saturated heterocycles. The van der Waals surface area contributed by atoms with Gasteiger partial charge in [-0.25, -0.2) is 4.68 Å². The molecule has 0 aliphatic rings. The fourth-order valence-electron chi connectivity index (χ4n) is 1.78. The highest BCUT2D eigenvalue weighted by molar-refractivity contribution is 6.31. The average Bonchev–Trinajstić information content (AvgIpc) is 2.86. The van der Waals surface area contributed by atoms with Gasteiger partial charge in [-0.2, -0.15) is 0 Å². The minimum atomic E-state index is -0.236. The zero-order chi connectivity index (χ0) is 14.5. The first-order valence-electron chi connectivity index (χ1n) is 5.99. The van der Waals surface area contributed by atoms with Gasteiger partial charge < -0.3 is 5.32 Å². The van der Waals surface area contributed by atoms with Crippen LogP contribution >= 0.6 is 11.6 Å². The van der Waals surface area contributed by atoms with Gasteiger partial charge >= 0.3 is 0 Å². The number of aromatic nitrogens is 3. The summed E-state index contributed by atoms with van der Waals surface area (Å²) < 4.78 is 1.30. The van der Waals surface area contributed by atoms with Gasteiger partial charge in [0.15, 0.2) is 6.29 Å². The summed E-state index contributed by atoms with van der Waals surface area (Å²) in [6.07, 6.45) is 1.99. The van der Waals surface area contributed by atoms with Gasteiger partial charge in [0.1, 0.15) is 12.2 Å². The predicted molar refractivity (Wildman–Crippen MR) is 73.4 cm³/mol. The third-order valence-corrected chi connectivity index (χ3v) is 3.08. The van der Waals surface area contributed by atoms with Crippen molar-refractivity contribution in [1.29, 1.82) is 0 Å². The zero-order valence-electron chi connectivity index (χ0n) is 10.8. The van der Waals surface area contributed by atoms with Crippen molar-refractivity contribution in [2.24, 2.45) is 0 Å². The molecule has 1 heterocycles. The van der Waals surface area contributed by atoms with Crippen LogP contribution in [0.3, 0.4) is 0 Å². The molecule has 1 N–H and O–H groups in total. The zero-order valence-corrected chi connectivity index (χ0v) is 11.5. The van der Waals surface area contributed by atoms with Gasteiger partial charge in [0, 0.05) is 5.02 Å². The lowest BCUT2D eigenvalue weighted by Crippen LogP contribution is -2.30. The van der Waals surface area contributed by atoms with Crippen LogP contribution in [0.1, 0.15) is 29.0 Å². The monoisotopic (exact) mass is 292 g/mol.